The third-order valence-corrected chi connectivity index (χ3v) is 2.43. The summed E-state index contributed by atoms with van der Waals surface area (Å²) >= 11 is 0. The fourth-order valence-corrected chi connectivity index (χ4v) is 1.66. The van der Waals surface area contributed by atoms with Crippen LogP contribution in [0.2, 0.25) is 0 Å². The van der Waals surface area contributed by atoms with E-state index in [-0.39, 0.29) is 17.3 Å². The standard InChI is InChI=1S/C13H11F2N3O3/c1-8-7-10(21-11(14)15)17-12(16-8)18(13(19)20)9-5-3-2-4-6-9/h2-7,11H,1H3,(H,19,20)/p-1. The Kier molecular flexibility index (Phi) is 4.27. The van der Waals surface area contributed by atoms with Crippen molar-refractivity contribution in [3.05, 3.63) is 42.1 Å². The van der Waals surface area contributed by atoms with Crippen molar-refractivity contribution in [1.82, 2.24) is 9.97 Å². The van der Waals surface area contributed by atoms with Gasteiger partial charge < -0.3 is 14.6 Å². The summed E-state index contributed by atoms with van der Waals surface area (Å²) in [5.41, 5.74) is 0.504. The third-order valence-electron chi connectivity index (χ3n) is 2.43. The lowest BCUT2D eigenvalue weighted by atomic mass is 10.3. The maximum absolute atomic E-state index is 12.2. The van der Waals surface area contributed by atoms with Crippen LogP contribution in [-0.4, -0.2) is 22.7 Å². The summed E-state index contributed by atoms with van der Waals surface area (Å²) in [6.45, 7) is -1.57. The molecule has 2 rings (SSSR count). The average molecular weight is 294 g/mol. The van der Waals surface area contributed by atoms with E-state index < -0.39 is 18.6 Å². The van der Waals surface area contributed by atoms with Crippen molar-refractivity contribution in [3.8, 4) is 5.88 Å². The second-order valence-electron chi connectivity index (χ2n) is 3.96. The predicted molar refractivity (Wildman–Crippen MR) is 67.4 cm³/mol. The molecule has 0 spiro atoms. The molecule has 0 saturated carbocycles. The molecule has 21 heavy (non-hydrogen) atoms. The van der Waals surface area contributed by atoms with E-state index in [9.17, 15) is 18.7 Å². The lowest BCUT2D eigenvalue weighted by Crippen LogP contribution is -2.39. The number of rotatable bonds is 4. The predicted octanol–water partition coefficient (Wildman–Crippen LogP) is 1.87. The summed E-state index contributed by atoms with van der Waals surface area (Å²) in [6, 6.07) is 9.08. The van der Waals surface area contributed by atoms with E-state index in [1.54, 1.807) is 18.2 Å². The average Bonchev–Trinajstić information content (AvgIpc) is 2.38. The minimum Gasteiger partial charge on any atom is -0.529 e. The molecule has 0 atom stereocenters. The fraction of sp³-hybridized carbons (Fsp3) is 0.154. The Labute approximate surface area is 118 Å². The van der Waals surface area contributed by atoms with Gasteiger partial charge in [0.05, 0.1) is 5.69 Å². The highest BCUT2D eigenvalue weighted by atomic mass is 19.3. The van der Waals surface area contributed by atoms with Crippen molar-refractivity contribution in [2.45, 2.75) is 13.5 Å². The molecule has 0 N–H and O–H groups in total. The van der Waals surface area contributed by atoms with Gasteiger partial charge in [-0.05, 0) is 19.1 Å². The van der Waals surface area contributed by atoms with Gasteiger partial charge in [0, 0.05) is 11.8 Å². The first-order chi connectivity index (χ1) is 9.97. The molecule has 6 nitrogen and oxygen atoms in total. The highest BCUT2D eigenvalue weighted by Crippen LogP contribution is 2.24. The molecule has 0 saturated heterocycles. The van der Waals surface area contributed by atoms with Crippen molar-refractivity contribution < 1.29 is 23.4 Å². The summed E-state index contributed by atoms with van der Waals surface area (Å²) < 4.78 is 28.7. The number of halogens is 2. The molecular formula is C13H10F2N3O3-. The topological polar surface area (TPSA) is 78.4 Å². The molecule has 0 aliphatic carbocycles. The minimum absolute atomic E-state index is 0.228. The van der Waals surface area contributed by atoms with Gasteiger partial charge in [-0.1, -0.05) is 18.2 Å². The molecule has 0 radical (unpaired) electrons. The van der Waals surface area contributed by atoms with Crippen LogP contribution in [0.3, 0.4) is 0 Å². The smallest absolute Gasteiger partial charge is 0.388 e. The van der Waals surface area contributed by atoms with Crippen LogP contribution in [0.4, 0.5) is 25.2 Å². The van der Waals surface area contributed by atoms with Gasteiger partial charge in [0.25, 0.3) is 0 Å². The van der Waals surface area contributed by atoms with E-state index >= 15 is 0 Å². The number of hydrogen-bond acceptors (Lipinski definition) is 5. The monoisotopic (exact) mass is 294 g/mol. The third kappa shape index (κ3) is 3.62. The number of ether oxygens (including phenoxy) is 1. The van der Waals surface area contributed by atoms with Crippen LogP contribution in [-0.2, 0) is 0 Å². The van der Waals surface area contributed by atoms with Gasteiger partial charge in [0.15, 0.2) is 0 Å². The number of carbonyl (C=O) groups excluding carboxylic acids is 1. The Balaban J connectivity index is 2.46. The molecule has 0 bridgehead atoms. The Hall–Kier alpha value is -2.77. The van der Waals surface area contributed by atoms with Crippen molar-refractivity contribution in [2.75, 3.05) is 4.90 Å². The van der Waals surface area contributed by atoms with E-state index in [1.165, 1.54) is 25.1 Å². The van der Waals surface area contributed by atoms with E-state index in [4.69, 9.17) is 0 Å². The van der Waals surface area contributed by atoms with Crippen LogP contribution in [0, 0.1) is 6.92 Å². The van der Waals surface area contributed by atoms with Crippen LogP contribution >= 0.6 is 0 Å². The van der Waals surface area contributed by atoms with Crippen LogP contribution in [0.1, 0.15) is 5.69 Å². The maximum Gasteiger partial charge on any atom is 0.388 e. The molecular weight excluding hydrogens is 284 g/mol. The zero-order chi connectivity index (χ0) is 15.4. The van der Waals surface area contributed by atoms with Gasteiger partial charge in [-0.25, -0.2) is 4.98 Å². The molecule has 1 amide bonds. The largest absolute Gasteiger partial charge is 0.529 e. The summed E-state index contributed by atoms with van der Waals surface area (Å²) in [6.07, 6.45) is -1.59. The number of carboxylic acid groups (broad SMARTS) is 1. The normalized spacial score (nSPS) is 10.5. The Morgan fingerprint density at radius 3 is 2.52 bits per heavy atom. The first kappa shape index (κ1) is 14.6. The fourth-order valence-electron chi connectivity index (χ4n) is 1.66. The molecule has 1 aromatic carbocycles. The van der Waals surface area contributed by atoms with E-state index in [0.29, 0.717) is 4.90 Å². The quantitative estimate of drug-likeness (QED) is 0.860. The summed E-state index contributed by atoms with van der Waals surface area (Å²) in [5, 5.41) is 11.3. The number of nitrogens with zero attached hydrogens (tertiary/aromatic N) is 3. The van der Waals surface area contributed by atoms with E-state index in [2.05, 4.69) is 14.7 Å². The first-order valence-electron chi connectivity index (χ1n) is 5.84. The van der Waals surface area contributed by atoms with Crippen LogP contribution in [0.15, 0.2) is 36.4 Å². The molecule has 1 heterocycles. The first-order valence-corrected chi connectivity index (χ1v) is 5.84. The number of benzene rings is 1. The SMILES string of the molecule is Cc1cc(OC(F)F)nc(N(C(=O)[O-])c2ccccc2)n1. The van der Waals surface area contributed by atoms with E-state index in [0.717, 1.165) is 0 Å². The molecule has 2 aromatic rings. The van der Waals surface area contributed by atoms with Gasteiger partial charge in [-0.15, -0.1) is 0 Å². The number of aromatic nitrogens is 2. The molecule has 0 aliphatic heterocycles. The highest BCUT2D eigenvalue weighted by molar-refractivity contribution is 5.91. The summed E-state index contributed by atoms with van der Waals surface area (Å²) in [4.78, 5) is 19.5. The van der Waals surface area contributed by atoms with Crippen LogP contribution < -0.4 is 14.7 Å². The lowest BCUT2D eigenvalue weighted by molar-refractivity contribution is -0.245. The van der Waals surface area contributed by atoms with Gasteiger partial charge >= 0.3 is 6.61 Å². The molecule has 8 heteroatoms. The molecule has 0 unspecified atom stereocenters. The zero-order valence-electron chi connectivity index (χ0n) is 10.9. The van der Waals surface area contributed by atoms with Crippen LogP contribution in [0.25, 0.3) is 0 Å². The Morgan fingerprint density at radius 2 is 1.95 bits per heavy atom. The highest BCUT2D eigenvalue weighted by Gasteiger charge is 2.16. The number of para-hydroxylation sites is 1. The Morgan fingerprint density at radius 1 is 1.29 bits per heavy atom. The van der Waals surface area contributed by atoms with Crippen molar-refractivity contribution in [1.29, 1.82) is 0 Å². The van der Waals surface area contributed by atoms with Gasteiger partial charge in [-0.2, -0.15) is 13.8 Å². The number of carbonyl (C=O) groups is 1. The second-order valence-corrected chi connectivity index (χ2v) is 3.96. The summed E-state index contributed by atoms with van der Waals surface area (Å²) in [7, 11) is 0. The number of alkyl halides is 2. The Bertz CT molecular complexity index is 638. The van der Waals surface area contributed by atoms with Crippen molar-refractivity contribution in [3.63, 3.8) is 0 Å². The van der Waals surface area contributed by atoms with Gasteiger partial charge in [-0.3, -0.25) is 4.90 Å². The van der Waals surface area contributed by atoms with Gasteiger partial charge in [0.2, 0.25) is 11.8 Å². The zero-order valence-corrected chi connectivity index (χ0v) is 10.9. The summed E-state index contributed by atoms with van der Waals surface area (Å²) in [5.74, 6) is -0.744. The van der Waals surface area contributed by atoms with Gasteiger partial charge in [0.1, 0.15) is 6.09 Å². The number of amides is 1. The van der Waals surface area contributed by atoms with Crippen molar-refractivity contribution >= 4 is 17.7 Å². The second kappa shape index (κ2) is 6.12. The minimum atomic E-state index is -3.07. The lowest BCUT2D eigenvalue weighted by Gasteiger charge is -2.23. The number of hydrogen-bond donors (Lipinski definition) is 0. The van der Waals surface area contributed by atoms with E-state index in [1.807, 2.05) is 0 Å². The maximum atomic E-state index is 12.2. The molecule has 1 aromatic heterocycles. The number of aryl methyl sites for hydroxylation is 1. The number of anilines is 2. The van der Waals surface area contributed by atoms with Crippen molar-refractivity contribution in [2.24, 2.45) is 0 Å². The molecule has 0 aliphatic rings. The molecule has 0 fully saturated rings. The molecule has 110 valence electrons. The van der Waals surface area contributed by atoms with Crippen LogP contribution in [0.5, 0.6) is 5.88 Å².